The van der Waals surface area contributed by atoms with Gasteiger partial charge in [0.25, 0.3) is 11.8 Å². The summed E-state index contributed by atoms with van der Waals surface area (Å²) in [6.45, 7) is 14.5. The third-order valence-corrected chi connectivity index (χ3v) is 10.4. The fourth-order valence-electron chi connectivity index (χ4n) is 6.83. The number of nitrogens with one attached hydrogen (secondary N) is 2. The SMILES string of the molecule is CCCCCCCOCCOCCOCCOCCOCCOCCOCCOCCOCCOCCOCCOCCCCCC(=O)Nc1cccc2c1C(=O)N(C1CCC(=O)NC1=O)C2=O. The van der Waals surface area contributed by atoms with Gasteiger partial charge in [-0.1, -0.05) is 45.1 Å². The van der Waals surface area contributed by atoms with Crippen LogP contribution in [0.4, 0.5) is 5.69 Å². The van der Waals surface area contributed by atoms with Crippen LogP contribution in [0, 0.1) is 0 Å². The largest absolute Gasteiger partial charge is 0.379 e. The molecule has 1 fully saturated rings. The molecule has 388 valence electrons. The fourth-order valence-corrected chi connectivity index (χ4v) is 6.83. The van der Waals surface area contributed by atoms with E-state index in [2.05, 4.69) is 17.6 Å². The first-order chi connectivity index (χ1) is 33.4. The third-order valence-electron chi connectivity index (χ3n) is 10.4. The molecule has 20 nitrogen and oxygen atoms in total. The number of nitrogens with zero attached hydrogens (tertiary/aromatic N) is 1. The van der Waals surface area contributed by atoms with Crippen molar-refractivity contribution in [2.45, 2.75) is 83.6 Å². The van der Waals surface area contributed by atoms with Crippen LogP contribution in [0.3, 0.4) is 0 Å². The number of hydrogen-bond donors (Lipinski definition) is 2. The van der Waals surface area contributed by atoms with E-state index in [0.29, 0.717) is 158 Å². The Morgan fingerprint density at radius 3 is 1.29 bits per heavy atom. The molecule has 2 aliphatic rings. The van der Waals surface area contributed by atoms with Gasteiger partial charge in [-0.3, -0.25) is 34.2 Å². The number of fused-ring (bicyclic) bond motifs is 1. The highest BCUT2D eigenvalue weighted by molar-refractivity contribution is 6.26. The molecule has 0 radical (unpaired) electrons. The Balaban J connectivity index is 0.955. The monoisotopic (exact) mass is 970 g/mol. The highest BCUT2D eigenvalue weighted by atomic mass is 16.6. The van der Waals surface area contributed by atoms with Crippen LogP contribution in [-0.2, 0) is 71.2 Å². The highest BCUT2D eigenvalue weighted by Gasteiger charge is 2.45. The zero-order chi connectivity index (χ0) is 48.5. The Bertz CT molecular complexity index is 1520. The van der Waals surface area contributed by atoms with E-state index < -0.39 is 29.7 Å². The number of ether oxygens (including phenoxy) is 12. The lowest BCUT2D eigenvalue weighted by Crippen LogP contribution is -2.54. The second-order valence-electron chi connectivity index (χ2n) is 15.8. The number of benzene rings is 1. The maximum atomic E-state index is 13.2. The van der Waals surface area contributed by atoms with E-state index in [4.69, 9.17) is 56.8 Å². The van der Waals surface area contributed by atoms with Crippen molar-refractivity contribution >= 4 is 35.2 Å². The molecule has 1 aromatic rings. The number of anilines is 1. The lowest BCUT2D eigenvalue weighted by atomic mass is 10.0. The highest BCUT2D eigenvalue weighted by Crippen LogP contribution is 2.32. The van der Waals surface area contributed by atoms with E-state index in [1.165, 1.54) is 31.7 Å². The molecule has 0 saturated carbocycles. The van der Waals surface area contributed by atoms with E-state index in [1.54, 1.807) is 12.1 Å². The van der Waals surface area contributed by atoms with Gasteiger partial charge in [-0.05, 0) is 37.8 Å². The van der Waals surface area contributed by atoms with Crippen molar-refractivity contribution in [3.05, 3.63) is 29.3 Å². The van der Waals surface area contributed by atoms with Crippen molar-refractivity contribution in [1.82, 2.24) is 10.2 Å². The number of carbonyl (C=O) groups excluding carboxylic acids is 5. The molecular formula is C48H79N3O17. The van der Waals surface area contributed by atoms with Gasteiger partial charge < -0.3 is 62.2 Å². The molecule has 1 saturated heterocycles. The summed E-state index contributed by atoms with van der Waals surface area (Å²) in [6, 6.07) is 3.53. The van der Waals surface area contributed by atoms with Crippen LogP contribution in [-0.4, -0.2) is 199 Å². The Kier molecular flexibility index (Phi) is 34.8. The van der Waals surface area contributed by atoms with Crippen molar-refractivity contribution in [1.29, 1.82) is 0 Å². The van der Waals surface area contributed by atoms with Crippen LogP contribution >= 0.6 is 0 Å². The molecule has 0 spiro atoms. The minimum absolute atomic E-state index is 0.0270. The van der Waals surface area contributed by atoms with Crippen molar-refractivity contribution in [3.63, 3.8) is 0 Å². The Hall–Kier alpha value is -3.51. The number of imide groups is 2. The van der Waals surface area contributed by atoms with Crippen LogP contribution in [0.1, 0.15) is 98.3 Å². The van der Waals surface area contributed by atoms with Crippen LogP contribution in [0.5, 0.6) is 0 Å². The lowest BCUT2D eigenvalue weighted by Gasteiger charge is -2.27. The van der Waals surface area contributed by atoms with Gasteiger partial charge in [0, 0.05) is 26.1 Å². The van der Waals surface area contributed by atoms with Gasteiger partial charge in [-0.15, -0.1) is 0 Å². The molecule has 1 unspecified atom stereocenters. The molecule has 0 aliphatic carbocycles. The van der Waals surface area contributed by atoms with Crippen molar-refractivity contribution in [2.75, 3.05) is 164 Å². The molecule has 5 amide bonds. The number of carbonyl (C=O) groups is 5. The molecule has 68 heavy (non-hydrogen) atoms. The van der Waals surface area contributed by atoms with Gasteiger partial charge in [0.15, 0.2) is 0 Å². The molecular weight excluding hydrogens is 891 g/mol. The zero-order valence-electron chi connectivity index (χ0n) is 40.4. The predicted molar refractivity (Wildman–Crippen MR) is 249 cm³/mol. The fraction of sp³-hybridized carbons (Fsp3) is 0.771. The average molecular weight is 970 g/mol. The smallest absolute Gasteiger partial charge is 0.264 e. The van der Waals surface area contributed by atoms with E-state index >= 15 is 0 Å². The second kappa shape index (κ2) is 40.2. The molecule has 1 aromatic carbocycles. The van der Waals surface area contributed by atoms with Crippen LogP contribution in [0.15, 0.2) is 18.2 Å². The summed E-state index contributed by atoms with van der Waals surface area (Å²) in [5, 5.41) is 4.91. The van der Waals surface area contributed by atoms with Crippen molar-refractivity contribution in [3.8, 4) is 0 Å². The van der Waals surface area contributed by atoms with Gasteiger partial charge in [0.05, 0.1) is 162 Å². The van der Waals surface area contributed by atoms with Crippen LogP contribution < -0.4 is 10.6 Å². The molecule has 20 heteroatoms. The number of hydrogen-bond acceptors (Lipinski definition) is 17. The first-order valence-electron chi connectivity index (χ1n) is 24.5. The lowest BCUT2D eigenvalue weighted by molar-refractivity contribution is -0.136. The summed E-state index contributed by atoms with van der Waals surface area (Å²) in [5.74, 6) is -2.72. The third kappa shape index (κ3) is 27.0. The van der Waals surface area contributed by atoms with Crippen molar-refractivity contribution < 1.29 is 80.8 Å². The quantitative estimate of drug-likeness (QED) is 0.0701. The molecule has 0 aromatic heterocycles. The first kappa shape index (κ1) is 58.8. The number of piperidine rings is 1. The summed E-state index contributed by atoms with van der Waals surface area (Å²) >= 11 is 0. The van der Waals surface area contributed by atoms with Crippen molar-refractivity contribution in [2.24, 2.45) is 0 Å². The van der Waals surface area contributed by atoms with E-state index in [9.17, 15) is 24.0 Å². The number of rotatable bonds is 47. The number of amides is 5. The summed E-state index contributed by atoms with van der Waals surface area (Å²) in [4.78, 5) is 63.6. The minimum Gasteiger partial charge on any atom is -0.379 e. The van der Waals surface area contributed by atoms with E-state index in [1.807, 2.05) is 0 Å². The summed E-state index contributed by atoms with van der Waals surface area (Å²) in [5.41, 5.74) is 0.380. The summed E-state index contributed by atoms with van der Waals surface area (Å²) < 4.78 is 66.3. The standard InChI is InChI=1S/C48H79N3O17/c1-2-3-4-5-8-16-57-18-20-59-22-24-61-26-28-63-30-32-65-34-36-67-38-39-68-37-35-66-33-31-64-29-27-62-25-23-60-21-19-58-17-9-6-7-13-43(52)49-41-12-10-11-40-45(41)48(56)51(47(40)55)42-14-15-44(53)50-46(42)54/h10-12,42H,2-9,13-39H2,1H3,(H,49,52)(H,50,53,54). The Labute approximate surface area is 402 Å². The minimum atomic E-state index is -1.08. The van der Waals surface area contributed by atoms with Crippen LogP contribution in [0.2, 0.25) is 0 Å². The Morgan fingerprint density at radius 1 is 0.515 bits per heavy atom. The van der Waals surface area contributed by atoms with Gasteiger partial charge in [-0.25, -0.2) is 0 Å². The molecule has 0 bridgehead atoms. The normalized spacial score (nSPS) is 14.8. The average Bonchev–Trinajstić information content (AvgIpc) is 3.59. The summed E-state index contributed by atoms with van der Waals surface area (Å²) in [6.07, 6.45) is 8.66. The number of unbranched alkanes of at least 4 members (excludes halogenated alkanes) is 6. The topological polar surface area (TPSA) is 223 Å². The molecule has 2 N–H and O–H groups in total. The maximum Gasteiger partial charge on any atom is 0.264 e. The predicted octanol–water partition coefficient (Wildman–Crippen LogP) is 3.76. The Morgan fingerprint density at radius 2 is 0.897 bits per heavy atom. The summed E-state index contributed by atoms with van der Waals surface area (Å²) in [7, 11) is 0. The van der Waals surface area contributed by atoms with Gasteiger partial charge in [-0.2, -0.15) is 0 Å². The molecule has 2 heterocycles. The van der Waals surface area contributed by atoms with Gasteiger partial charge in [0.2, 0.25) is 17.7 Å². The maximum absolute atomic E-state index is 13.2. The zero-order valence-corrected chi connectivity index (χ0v) is 40.4. The van der Waals surface area contributed by atoms with Crippen LogP contribution in [0.25, 0.3) is 0 Å². The van der Waals surface area contributed by atoms with E-state index in [-0.39, 0.29) is 42.0 Å². The molecule has 1 atom stereocenters. The van der Waals surface area contributed by atoms with Gasteiger partial charge in [0.1, 0.15) is 6.04 Å². The molecule has 3 rings (SSSR count). The van der Waals surface area contributed by atoms with Gasteiger partial charge >= 0.3 is 0 Å². The molecule has 2 aliphatic heterocycles. The first-order valence-corrected chi connectivity index (χ1v) is 24.5. The van der Waals surface area contributed by atoms with E-state index in [0.717, 1.165) is 30.8 Å². The second-order valence-corrected chi connectivity index (χ2v) is 15.8.